The SMILES string of the molecule is C[C@@H](Cn1cccn1)NCC(=O)N1CCc2ccccc21. The van der Waals surface area contributed by atoms with Crippen molar-refractivity contribution in [3.8, 4) is 0 Å². The second-order valence-electron chi connectivity index (χ2n) is 5.43. The van der Waals surface area contributed by atoms with E-state index in [4.69, 9.17) is 0 Å². The Bertz CT molecular complexity index is 608. The number of benzene rings is 1. The molecular formula is C16H20N4O. The lowest BCUT2D eigenvalue weighted by Gasteiger charge is -2.19. The minimum atomic E-state index is 0.132. The van der Waals surface area contributed by atoms with Gasteiger partial charge in [-0.25, -0.2) is 0 Å². The van der Waals surface area contributed by atoms with Crippen LogP contribution >= 0.6 is 0 Å². The summed E-state index contributed by atoms with van der Waals surface area (Å²) in [6.07, 6.45) is 4.64. The molecule has 1 atom stereocenters. The minimum Gasteiger partial charge on any atom is -0.311 e. The number of fused-ring (bicyclic) bond motifs is 1. The molecule has 0 saturated carbocycles. The van der Waals surface area contributed by atoms with Gasteiger partial charge in [0.05, 0.1) is 13.1 Å². The van der Waals surface area contributed by atoms with Crippen molar-refractivity contribution in [2.24, 2.45) is 0 Å². The topological polar surface area (TPSA) is 50.2 Å². The number of rotatable bonds is 5. The molecule has 2 aromatic rings. The van der Waals surface area contributed by atoms with Gasteiger partial charge in [-0.1, -0.05) is 18.2 Å². The monoisotopic (exact) mass is 284 g/mol. The highest BCUT2D eigenvalue weighted by atomic mass is 16.2. The summed E-state index contributed by atoms with van der Waals surface area (Å²) in [5.74, 6) is 0.132. The predicted molar refractivity (Wildman–Crippen MR) is 82.2 cm³/mol. The van der Waals surface area contributed by atoms with Gasteiger partial charge >= 0.3 is 0 Å². The fourth-order valence-electron chi connectivity index (χ4n) is 2.71. The number of nitrogens with one attached hydrogen (secondary N) is 1. The molecule has 1 aromatic carbocycles. The van der Waals surface area contributed by atoms with E-state index < -0.39 is 0 Å². The maximum atomic E-state index is 12.4. The van der Waals surface area contributed by atoms with Crippen LogP contribution in [0.2, 0.25) is 0 Å². The third-order valence-corrected chi connectivity index (χ3v) is 3.81. The van der Waals surface area contributed by atoms with Crippen LogP contribution in [0.15, 0.2) is 42.7 Å². The van der Waals surface area contributed by atoms with Crippen molar-refractivity contribution in [3.05, 3.63) is 48.3 Å². The number of aromatic nitrogens is 2. The van der Waals surface area contributed by atoms with Crippen molar-refractivity contribution < 1.29 is 4.79 Å². The molecule has 3 rings (SSSR count). The van der Waals surface area contributed by atoms with E-state index in [9.17, 15) is 4.79 Å². The fourth-order valence-corrected chi connectivity index (χ4v) is 2.71. The zero-order chi connectivity index (χ0) is 14.7. The van der Waals surface area contributed by atoms with Gasteiger partial charge in [0, 0.05) is 30.7 Å². The molecule has 1 aliphatic rings. The molecule has 1 amide bonds. The molecule has 0 aliphatic carbocycles. The van der Waals surface area contributed by atoms with E-state index in [1.165, 1.54) is 5.56 Å². The zero-order valence-corrected chi connectivity index (χ0v) is 12.2. The van der Waals surface area contributed by atoms with Gasteiger partial charge in [-0.15, -0.1) is 0 Å². The number of carbonyl (C=O) groups is 1. The van der Waals surface area contributed by atoms with Crippen molar-refractivity contribution in [3.63, 3.8) is 0 Å². The predicted octanol–water partition coefficient (Wildman–Crippen LogP) is 1.45. The van der Waals surface area contributed by atoms with Gasteiger partial charge in [-0.3, -0.25) is 9.48 Å². The van der Waals surface area contributed by atoms with E-state index in [0.717, 1.165) is 25.2 Å². The normalized spacial score (nSPS) is 15.0. The van der Waals surface area contributed by atoms with Crippen LogP contribution < -0.4 is 10.2 Å². The largest absolute Gasteiger partial charge is 0.311 e. The highest BCUT2D eigenvalue weighted by molar-refractivity contribution is 5.96. The Balaban J connectivity index is 1.53. The van der Waals surface area contributed by atoms with Crippen LogP contribution in [0, 0.1) is 0 Å². The van der Waals surface area contributed by atoms with Crippen molar-refractivity contribution in [2.45, 2.75) is 25.9 Å². The van der Waals surface area contributed by atoms with Crippen molar-refractivity contribution in [1.29, 1.82) is 0 Å². The third kappa shape index (κ3) is 3.13. The molecule has 1 N–H and O–H groups in total. The van der Waals surface area contributed by atoms with E-state index in [-0.39, 0.29) is 11.9 Å². The Morgan fingerprint density at radius 3 is 3.05 bits per heavy atom. The van der Waals surface area contributed by atoms with Crippen LogP contribution in [0.25, 0.3) is 0 Å². The number of carbonyl (C=O) groups excluding carboxylic acids is 1. The summed E-state index contributed by atoms with van der Waals surface area (Å²) in [7, 11) is 0. The second-order valence-corrected chi connectivity index (χ2v) is 5.43. The van der Waals surface area contributed by atoms with Gasteiger partial charge in [0.15, 0.2) is 0 Å². The average Bonchev–Trinajstić information content (AvgIpc) is 3.13. The quantitative estimate of drug-likeness (QED) is 0.904. The Hall–Kier alpha value is -2.14. The molecule has 2 heterocycles. The summed E-state index contributed by atoms with van der Waals surface area (Å²) >= 11 is 0. The van der Waals surface area contributed by atoms with Crippen molar-refractivity contribution >= 4 is 11.6 Å². The Morgan fingerprint density at radius 1 is 1.38 bits per heavy atom. The number of hydrogen-bond acceptors (Lipinski definition) is 3. The standard InChI is InChI=1S/C16H20N4O/c1-13(12-19-9-4-8-18-19)17-11-16(21)20-10-7-14-5-2-3-6-15(14)20/h2-6,8-9,13,17H,7,10-12H2,1H3/t13-/m0/s1. The summed E-state index contributed by atoms with van der Waals surface area (Å²) < 4.78 is 1.87. The molecule has 0 bridgehead atoms. The van der Waals surface area contributed by atoms with Crippen LogP contribution in [-0.2, 0) is 17.8 Å². The summed E-state index contributed by atoms with van der Waals surface area (Å²) in [5, 5.41) is 7.45. The average molecular weight is 284 g/mol. The first-order valence-electron chi connectivity index (χ1n) is 7.33. The third-order valence-electron chi connectivity index (χ3n) is 3.81. The zero-order valence-electron chi connectivity index (χ0n) is 12.2. The number of amides is 1. The second kappa shape index (κ2) is 6.10. The van der Waals surface area contributed by atoms with Crippen LogP contribution in [0.3, 0.4) is 0 Å². The Morgan fingerprint density at radius 2 is 2.24 bits per heavy atom. The van der Waals surface area contributed by atoms with E-state index in [2.05, 4.69) is 23.4 Å². The highest BCUT2D eigenvalue weighted by Crippen LogP contribution is 2.27. The Labute approximate surface area is 124 Å². The minimum absolute atomic E-state index is 0.132. The molecule has 0 spiro atoms. The molecule has 0 fully saturated rings. The first kappa shape index (κ1) is 13.8. The first-order valence-corrected chi connectivity index (χ1v) is 7.33. The van der Waals surface area contributed by atoms with Crippen LogP contribution in [0.4, 0.5) is 5.69 Å². The molecule has 5 nitrogen and oxygen atoms in total. The molecule has 0 radical (unpaired) electrons. The molecule has 0 unspecified atom stereocenters. The summed E-state index contributed by atoms with van der Waals surface area (Å²) in [4.78, 5) is 14.2. The van der Waals surface area contributed by atoms with Gasteiger partial charge in [0.1, 0.15) is 0 Å². The number of hydrogen-bond donors (Lipinski definition) is 1. The van der Waals surface area contributed by atoms with Crippen molar-refractivity contribution in [1.82, 2.24) is 15.1 Å². The van der Waals surface area contributed by atoms with E-state index in [1.54, 1.807) is 6.20 Å². The maximum Gasteiger partial charge on any atom is 0.240 e. The Kier molecular flexibility index (Phi) is 4.01. The smallest absolute Gasteiger partial charge is 0.240 e. The molecule has 110 valence electrons. The summed E-state index contributed by atoms with van der Waals surface area (Å²) in [6, 6.07) is 10.2. The lowest BCUT2D eigenvalue weighted by molar-refractivity contribution is -0.117. The lowest BCUT2D eigenvalue weighted by atomic mass is 10.2. The first-order chi connectivity index (χ1) is 10.2. The highest BCUT2D eigenvalue weighted by Gasteiger charge is 2.23. The molecule has 1 aliphatic heterocycles. The fraction of sp³-hybridized carbons (Fsp3) is 0.375. The number of anilines is 1. The van der Waals surface area contributed by atoms with E-state index in [1.807, 2.05) is 40.0 Å². The van der Waals surface area contributed by atoms with Gasteiger partial charge in [0.25, 0.3) is 0 Å². The summed E-state index contributed by atoms with van der Waals surface area (Å²) in [6.45, 7) is 3.97. The molecule has 21 heavy (non-hydrogen) atoms. The molecule has 5 heteroatoms. The molecule has 1 aromatic heterocycles. The number of nitrogens with zero attached hydrogens (tertiary/aromatic N) is 3. The van der Waals surface area contributed by atoms with E-state index in [0.29, 0.717) is 6.54 Å². The van der Waals surface area contributed by atoms with Crippen LogP contribution in [0.1, 0.15) is 12.5 Å². The maximum absolute atomic E-state index is 12.4. The van der Waals surface area contributed by atoms with Gasteiger partial charge in [-0.05, 0) is 31.0 Å². The number of para-hydroxylation sites is 1. The van der Waals surface area contributed by atoms with Crippen molar-refractivity contribution in [2.75, 3.05) is 18.0 Å². The van der Waals surface area contributed by atoms with Gasteiger partial charge in [-0.2, -0.15) is 5.10 Å². The lowest BCUT2D eigenvalue weighted by Crippen LogP contribution is -2.41. The van der Waals surface area contributed by atoms with Gasteiger partial charge in [0.2, 0.25) is 5.91 Å². The summed E-state index contributed by atoms with van der Waals surface area (Å²) in [5.41, 5.74) is 2.32. The van der Waals surface area contributed by atoms with Crippen LogP contribution in [-0.4, -0.2) is 34.8 Å². The van der Waals surface area contributed by atoms with E-state index >= 15 is 0 Å². The van der Waals surface area contributed by atoms with Crippen LogP contribution in [0.5, 0.6) is 0 Å². The molecule has 0 saturated heterocycles. The molecular weight excluding hydrogens is 264 g/mol. The van der Waals surface area contributed by atoms with Gasteiger partial charge < -0.3 is 10.2 Å².